The van der Waals surface area contributed by atoms with E-state index in [9.17, 15) is 9.18 Å². The normalized spacial score (nSPS) is 12.0. The van der Waals surface area contributed by atoms with E-state index in [1.165, 1.54) is 17.4 Å². The molecule has 5 heteroatoms. The van der Waals surface area contributed by atoms with E-state index in [0.717, 1.165) is 15.8 Å². The van der Waals surface area contributed by atoms with E-state index in [0.29, 0.717) is 10.3 Å². The van der Waals surface area contributed by atoms with Gasteiger partial charge in [0.2, 0.25) is 0 Å². The molecule has 4 rings (SSSR count). The second-order valence-corrected chi connectivity index (χ2v) is 7.24. The zero-order valence-electron chi connectivity index (χ0n) is 14.7. The maximum Gasteiger partial charge on any atom is 0.260 e. The highest BCUT2D eigenvalue weighted by Gasteiger charge is 2.22. The highest BCUT2D eigenvalue weighted by molar-refractivity contribution is 7.16. The molecule has 0 saturated carbocycles. The van der Waals surface area contributed by atoms with Crippen molar-refractivity contribution in [2.45, 2.75) is 5.92 Å². The van der Waals surface area contributed by atoms with Gasteiger partial charge in [-0.1, -0.05) is 78.1 Å². The average molecular weight is 376 g/mol. The third-order valence-corrected chi connectivity index (χ3v) is 5.59. The summed E-state index contributed by atoms with van der Waals surface area (Å²) in [6.45, 7) is 0. The van der Waals surface area contributed by atoms with Crippen LogP contribution in [0.4, 0.5) is 4.39 Å². The van der Waals surface area contributed by atoms with E-state index < -0.39 is 5.92 Å². The molecule has 0 spiro atoms. The van der Waals surface area contributed by atoms with Gasteiger partial charge in [-0.15, -0.1) is 0 Å². The molecule has 0 aliphatic carbocycles. The van der Waals surface area contributed by atoms with E-state index in [2.05, 4.69) is 4.99 Å². The number of fused-ring (bicyclic) bond motifs is 1. The summed E-state index contributed by atoms with van der Waals surface area (Å²) in [5, 5.41) is 0. The topological polar surface area (TPSA) is 34.4 Å². The largest absolute Gasteiger partial charge is 0.317 e. The number of benzene rings is 3. The molecule has 3 nitrogen and oxygen atoms in total. The van der Waals surface area contributed by atoms with Crippen LogP contribution in [-0.2, 0) is 11.8 Å². The first-order chi connectivity index (χ1) is 13.1. The van der Waals surface area contributed by atoms with E-state index in [1.54, 1.807) is 17.7 Å². The SMILES string of the molecule is Cn1c(=NC(=O)C(c2ccccc2)c2ccccc2)sc2cccc(F)c21. The van der Waals surface area contributed by atoms with Crippen LogP contribution in [0.3, 0.4) is 0 Å². The molecule has 0 bridgehead atoms. The highest BCUT2D eigenvalue weighted by atomic mass is 32.1. The van der Waals surface area contributed by atoms with Crippen molar-refractivity contribution in [3.8, 4) is 0 Å². The number of nitrogens with zero attached hydrogens (tertiary/aromatic N) is 2. The van der Waals surface area contributed by atoms with Gasteiger partial charge < -0.3 is 4.57 Å². The molecule has 134 valence electrons. The summed E-state index contributed by atoms with van der Waals surface area (Å²) in [5.74, 6) is -1.08. The standard InChI is InChI=1S/C22H17FN2OS/c1-25-20-17(23)13-8-14-18(20)27-22(25)24-21(26)19(15-9-4-2-5-10-15)16-11-6-3-7-12-16/h2-14,19H,1H3. The van der Waals surface area contributed by atoms with Gasteiger partial charge in [0.1, 0.15) is 5.82 Å². The van der Waals surface area contributed by atoms with Crippen LogP contribution < -0.4 is 4.80 Å². The predicted octanol–water partition coefficient (Wildman–Crippen LogP) is 4.64. The van der Waals surface area contributed by atoms with Crippen LogP contribution in [-0.4, -0.2) is 10.5 Å². The van der Waals surface area contributed by atoms with E-state index >= 15 is 0 Å². The summed E-state index contributed by atoms with van der Waals surface area (Å²) in [7, 11) is 1.73. The Balaban J connectivity index is 1.85. The fourth-order valence-corrected chi connectivity index (χ4v) is 4.23. The molecule has 0 radical (unpaired) electrons. The number of rotatable bonds is 3. The summed E-state index contributed by atoms with van der Waals surface area (Å²) in [6.07, 6.45) is 0. The molecule has 1 amide bonds. The summed E-state index contributed by atoms with van der Waals surface area (Å²) in [6, 6.07) is 24.1. The van der Waals surface area contributed by atoms with Crippen LogP contribution in [0.2, 0.25) is 0 Å². The molecule has 0 aliphatic heterocycles. The lowest BCUT2D eigenvalue weighted by Gasteiger charge is -2.14. The first-order valence-electron chi connectivity index (χ1n) is 8.57. The number of aryl methyl sites for hydroxylation is 1. The summed E-state index contributed by atoms with van der Waals surface area (Å²) >= 11 is 1.31. The number of para-hydroxylation sites is 1. The molecule has 1 aromatic heterocycles. The van der Waals surface area contributed by atoms with Crippen molar-refractivity contribution in [2.75, 3.05) is 0 Å². The van der Waals surface area contributed by atoms with Crippen molar-refractivity contribution < 1.29 is 9.18 Å². The smallest absolute Gasteiger partial charge is 0.260 e. The Labute approximate surface area is 160 Å². The minimum absolute atomic E-state index is 0.269. The Morgan fingerprint density at radius 1 is 0.926 bits per heavy atom. The Morgan fingerprint density at radius 3 is 2.07 bits per heavy atom. The fourth-order valence-electron chi connectivity index (χ4n) is 3.19. The zero-order chi connectivity index (χ0) is 18.8. The quantitative estimate of drug-likeness (QED) is 0.513. The van der Waals surface area contributed by atoms with Crippen molar-refractivity contribution in [1.29, 1.82) is 0 Å². The monoisotopic (exact) mass is 376 g/mol. The highest BCUT2D eigenvalue weighted by Crippen LogP contribution is 2.26. The maximum atomic E-state index is 14.1. The molecule has 0 atom stereocenters. The van der Waals surface area contributed by atoms with Gasteiger partial charge >= 0.3 is 0 Å². The Morgan fingerprint density at radius 2 is 1.52 bits per heavy atom. The first-order valence-corrected chi connectivity index (χ1v) is 9.39. The van der Waals surface area contributed by atoms with E-state index in [1.807, 2.05) is 66.7 Å². The molecule has 0 unspecified atom stereocenters. The Bertz CT molecular complexity index is 1120. The molecule has 0 fully saturated rings. The molecule has 3 aromatic carbocycles. The van der Waals surface area contributed by atoms with Gasteiger partial charge in [-0.3, -0.25) is 4.79 Å². The van der Waals surface area contributed by atoms with Gasteiger partial charge in [-0.2, -0.15) is 4.99 Å². The number of halogens is 1. The van der Waals surface area contributed by atoms with Crippen LogP contribution in [0.1, 0.15) is 17.0 Å². The van der Waals surface area contributed by atoms with Crippen LogP contribution >= 0.6 is 11.3 Å². The minimum Gasteiger partial charge on any atom is -0.317 e. The van der Waals surface area contributed by atoms with E-state index in [-0.39, 0.29) is 11.7 Å². The number of amides is 1. The van der Waals surface area contributed by atoms with Crippen molar-refractivity contribution in [1.82, 2.24) is 4.57 Å². The van der Waals surface area contributed by atoms with Gasteiger partial charge in [0, 0.05) is 7.05 Å². The van der Waals surface area contributed by atoms with Crippen LogP contribution in [0.25, 0.3) is 10.2 Å². The van der Waals surface area contributed by atoms with E-state index in [4.69, 9.17) is 0 Å². The average Bonchev–Trinajstić information content (AvgIpc) is 3.00. The maximum absolute atomic E-state index is 14.1. The number of aromatic nitrogens is 1. The molecular formula is C22H17FN2OS. The minimum atomic E-state index is -0.498. The number of carbonyl (C=O) groups is 1. The van der Waals surface area contributed by atoms with Crippen LogP contribution in [0.15, 0.2) is 83.9 Å². The van der Waals surface area contributed by atoms with Gasteiger partial charge in [-0.05, 0) is 23.3 Å². The van der Waals surface area contributed by atoms with Crippen LogP contribution in [0.5, 0.6) is 0 Å². The number of carbonyl (C=O) groups excluding carboxylic acids is 1. The van der Waals surface area contributed by atoms with Gasteiger partial charge in [0.15, 0.2) is 4.80 Å². The van der Waals surface area contributed by atoms with Gasteiger partial charge in [0.05, 0.1) is 16.1 Å². The van der Waals surface area contributed by atoms with Crippen LogP contribution in [0, 0.1) is 5.82 Å². The van der Waals surface area contributed by atoms with Crippen molar-refractivity contribution in [3.05, 3.63) is 101 Å². The summed E-state index contributed by atoms with van der Waals surface area (Å²) in [5.41, 5.74) is 2.23. The lowest BCUT2D eigenvalue weighted by molar-refractivity contribution is -0.118. The Kier molecular flexibility index (Phi) is 4.69. The lowest BCUT2D eigenvalue weighted by Crippen LogP contribution is -2.18. The molecule has 1 heterocycles. The molecule has 27 heavy (non-hydrogen) atoms. The Hall–Kier alpha value is -3.05. The second-order valence-electron chi connectivity index (χ2n) is 6.23. The molecule has 0 aliphatic rings. The first kappa shape index (κ1) is 17.4. The molecule has 4 aromatic rings. The zero-order valence-corrected chi connectivity index (χ0v) is 15.5. The third-order valence-electron chi connectivity index (χ3n) is 4.49. The predicted molar refractivity (Wildman–Crippen MR) is 106 cm³/mol. The van der Waals surface area contributed by atoms with Crippen molar-refractivity contribution >= 4 is 27.5 Å². The summed E-state index contributed by atoms with van der Waals surface area (Å²) in [4.78, 5) is 18.0. The lowest BCUT2D eigenvalue weighted by atomic mass is 9.91. The molecule has 0 N–H and O–H groups in total. The molecular weight excluding hydrogens is 359 g/mol. The molecule has 0 saturated heterocycles. The van der Waals surface area contributed by atoms with Gasteiger partial charge in [0.25, 0.3) is 5.91 Å². The number of hydrogen-bond donors (Lipinski definition) is 0. The number of thiazole rings is 1. The number of hydrogen-bond acceptors (Lipinski definition) is 2. The second kappa shape index (κ2) is 7.29. The third kappa shape index (κ3) is 3.34. The fraction of sp³-hybridized carbons (Fsp3) is 0.0909. The van der Waals surface area contributed by atoms with Crippen molar-refractivity contribution in [3.63, 3.8) is 0 Å². The van der Waals surface area contributed by atoms with Gasteiger partial charge in [-0.25, -0.2) is 4.39 Å². The van der Waals surface area contributed by atoms with Crippen molar-refractivity contribution in [2.24, 2.45) is 12.0 Å². The summed E-state index contributed by atoms with van der Waals surface area (Å²) < 4.78 is 16.5.